The molecule has 1 unspecified atom stereocenters. The molecule has 102 valence electrons. The molecule has 1 aliphatic rings. The zero-order chi connectivity index (χ0) is 14.0. The smallest absolute Gasteiger partial charge is 0.308 e. The molecule has 1 N–H and O–H groups in total. The molecule has 1 heterocycles. The quantitative estimate of drug-likeness (QED) is 0.907. The van der Waals surface area contributed by atoms with Gasteiger partial charge in [0.15, 0.2) is 0 Å². The van der Waals surface area contributed by atoms with Crippen LogP contribution in [-0.2, 0) is 4.79 Å². The zero-order valence-electron chi connectivity index (χ0n) is 10.1. The average molecular weight is 330 g/mol. The van der Waals surface area contributed by atoms with Crippen LogP contribution in [0.1, 0.15) is 23.2 Å². The van der Waals surface area contributed by atoms with Gasteiger partial charge in [-0.25, -0.2) is 4.39 Å². The minimum absolute atomic E-state index is 0.178. The fourth-order valence-corrected chi connectivity index (χ4v) is 2.61. The minimum atomic E-state index is -0.893. The van der Waals surface area contributed by atoms with Crippen LogP contribution in [0, 0.1) is 11.7 Å². The number of rotatable bonds is 2. The highest BCUT2D eigenvalue weighted by Gasteiger charge is 2.29. The number of hydrogen-bond acceptors (Lipinski definition) is 2. The number of piperidine rings is 1. The molecule has 1 atom stereocenters. The van der Waals surface area contributed by atoms with Crippen molar-refractivity contribution in [3.63, 3.8) is 0 Å². The molecule has 1 aliphatic heterocycles. The summed E-state index contributed by atoms with van der Waals surface area (Å²) >= 11 is 3.21. The third-order valence-electron chi connectivity index (χ3n) is 3.22. The third-order valence-corrected chi connectivity index (χ3v) is 3.91. The number of aliphatic carboxylic acids is 1. The lowest BCUT2D eigenvalue weighted by Gasteiger charge is -2.31. The van der Waals surface area contributed by atoms with E-state index in [4.69, 9.17) is 5.11 Å². The summed E-state index contributed by atoms with van der Waals surface area (Å²) < 4.78 is 13.7. The summed E-state index contributed by atoms with van der Waals surface area (Å²) in [6, 6.07) is 3.90. The second kappa shape index (κ2) is 5.69. The summed E-state index contributed by atoms with van der Waals surface area (Å²) in [5.74, 6) is -2.25. The number of carbonyl (C=O) groups is 2. The Hall–Kier alpha value is -1.43. The van der Waals surface area contributed by atoms with Crippen LogP contribution in [-0.4, -0.2) is 35.0 Å². The van der Waals surface area contributed by atoms with Crippen LogP contribution in [0.25, 0.3) is 0 Å². The Balaban J connectivity index is 2.19. The van der Waals surface area contributed by atoms with Gasteiger partial charge in [0.1, 0.15) is 5.82 Å². The SMILES string of the molecule is O=C(O)C1CCCN(C(=O)c2cc(F)ccc2Br)C1. The highest BCUT2D eigenvalue weighted by Crippen LogP contribution is 2.23. The van der Waals surface area contributed by atoms with E-state index in [1.807, 2.05) is 0 Å². The van der Waals surface area contributed by atoms with Gasteiger partial charge in [-0.2, -0.15) is 0 Å². The summed E-state index contributed by atoms with van der Waals surface area (Å²) in [5, 5.41) is 9.00. The Morgan fingerprint density at radius 3 is 2.84 bits per heavy atom. The van der Waals surface area contributed by atoms with Crippen molar-refractivity contribution in [3.05, 3.63) is 34.1 Å². The van der Waals surface area contributed by atoms with Crippen molar-refractivity contribution in [2.45, 2.75) is 12.8 Å². The van der Waals surface area contributed by atoms with E-state index in [2.05, 4.69) is 15.9 Å². The van der Waals surface area contributed by atoms with Gasteiger partial charge in [-0.05, 0) is 47.0 Å². The number of hydrogen-bond donors (Lipinski definition) is 1. The predicted molar refractivity (Wildman–Crippen MR) is 70.4 cm³/mol. The molecular weight excluding hydrogens is 317 g/mol. The highest BCUT2D eigenvalue weighted by molar-refractivity contribution is 9.10. The van der Waals surface area contributed by atoms with Crippen LogP contribution >= 0.6 is 15.9 Å². The number of benzene rings is 1. The maximum Gasteiger partial charge on any atom is 0.308 e. The molecule has 0 bridgehead atoms. The number of carboxylic acid groups (broad SMARTS) is 1. The molecule has 1 amide bonds. The van der Waals surface area contributed by atoms with E-state index in [9.17, 15) is 14.0 Å². The lowest BCUT2D eigenvalue weighted by Crippen LogP contribution is -2.42. The Bertz CT molecular complexity index is 521. The van der Waals surface area contributed by atoms with Crippen molar-refractivity contribution < 1.29 is 19.1 Å². The van der Waals surface area contributed by atoms with Crippen LogP contribution in [0.5, 0.6) is 0 Å². The van der Waals surface area contributed by atoms with Gasteiger partial charge in [-0.15, -0.1) is 0 Å². The largest absolute Gasteiger partial charge is 0.481 e. The van der Waals surface area contributed by atoms with Crippen molar-refractivity contribution in [3.8, 4) is 0 Å². The Morgan fingerprint density at radius 1 is 1.42 bits per heavy atom. The second-order valence-electron chi connectivity index (χ2n) is 4.55. The van der Waals surface area contributed by atoms with Crippen molar-refractivity contribution in [1.29, 1.82) is 0 Å². The topological polar surface area (TPSA) is 57.6 Å². The van der Waals surface area contributed by atoms with E-state index in [1.165, 1.54) is 17.0 Å². The van der Waals surface area contributed by atoms with Gasteiger partial charge < -0.3 is 10.0 Å². The fourth-order valence-electron chi connectivity index (χ4n) is 2.19. The van der Waals surface area contributed by atoms with Crippen molar-refractivity contribution in [1.82, 2.24) is 4.90 Å². The third kappa shape index (κ3) is 3.12. The number of halogens is 2. The minimum Gasteiger partial charge on any atom is -0.481 e. The number of amides is 1. The van der Waals surface area contributed by atoms with Crippen LogP contribution < -0.4 is 0 Å². The lowest BCUT2D eigenvalue weighted by molar-refractivity contribution is -0.143. The van der Waals surface area contributed by atoms with Gasteiger partial charge in [0, 0.05) is 17.6 Å². The maximum absolute atomic E-state index is 13.2. The zero-order valence-corrected chi connectivity index (χ0v) is 11.7. The molecule has 1 fully saturated rings. The van der Waals surface area contributed by atoms with E-state index in [-0.39, 0.29) is 18.0 Å². The van der Waals surface area contributed by atoms with Crippen LogP contribution in [0.2, 0.25) is 0 Å². The number of carboxylic acids is 1. The molecule has 1 aromatic rings. The first-order valence-electron chi connectivity index (χ1n) is 5.96. The molecule has 1 saturated heterocycles. The first-order valence-corrected chi connectivity index (χ1v) is 6.75. The summed E-state index contributed by atoms with van der Waals surface area (Å²) in [5.41, 5.74) is 0.228. The first-order chi connectivity index (χ1) is 8.99. The molecule has 4 nitrogen and oxygen atoms in total. The van der Waals surface area contributed by atoms with Crippen molar-refractivity contribution in [2.75, 3.05) is 13.1 Å². The van der Waals surface area contributed by atoms with Gasteiger partial charge in [-0.3, -0.25) is 9.59 Å². The van der Waals surface area contributed by atoms with E-state index >= 15 is 0 Å². The van der Waals surface area contributed by atoms with Gasteiger partial charge >= 0.3 is 5.97 Å². The van der Waals surface area contributed by atoms with Gasteiger partial charge in [0.05, 0.1) is 11.5 Å². The Labute approximate surface area is 118 Å². The molecule has 19 heavy (non-hydrogen) atoms. The molecule has 0 aliphatic carbocycles. The standard InChI is InChI=1S/C13H13BrFNO3/c14-11-4-3-9(15)6-10(11)12(17)16-5-1-2-8(7-16)13(18)19/h3-4,6,8H,1-2,5,7H2,(H,18,19). The first kappa shape index (κ1) is 14.0. The van der Waals surface area contributed by atoms with Crippen LogP contribution in [0.15, 0.2) is 22.7 Å². The molecule has 0 aromatic heterocycles. The number of nitrogens with zero attached hydrogens (tertiary/aromatic N) is 1. The average Bonchev–Trinajstić information content (AvgIpc) is 2.41. The normalized spacial score (nSPS) is 19.3. The number of likely N-dealkylation sites (tertiary alicyclic amines) is 1. The maximum atomic E-state index is 13.2. The second-order valence-corrected chi connectivity index (χ2v) is 5.41. The molecule has 0 spiro atoms. The molecule has 1 aromatic carbocycles. The van der Waals surface area contributed by atoms with Crippen molar-refractivity contribution in [2.24, 2.45) is 5.92 Å². The molecule has 0 radical (unpaired) electrons. The fraction of sp³-hybridized carbons (Fsp3) is 0.385. The van der Waals surface area contributed by atoms with E-state index < -0.39 is 17.7 Å². The Kier molecular flexibility index (Phi) is 4.19. The summed E-state index contributed by atoms with van der Waals surface area (Å²) in [7, 11) is 0. The Morgan fingerprint density at radius 2 is 2.16 bits per heavy atom. The molecule has 2 rings (SSSR count). The molecule has 0 saturated carbocycles. The van der Waals surface area contributed by atoms with E-state index in [0.29, 0.717) is 23.9 Å². The van der Waals surface area contributed by atoms with Gasteiger partial charge in [-0.1, -0.05) is 0 Å². The lowest BCUT2D eigenvalue weighted by atomic mass is 9.97. The molecule has 6 heteroatoms. The van der Waals surface area contributed by atoms with Gasteiger partial charge in [0.25, 0.3) is 5.91 Å². The van der Waals surface area contributed by atoms with Crippen LogP contribution in [0.4, 0.5) is 4.39 Å². The summed E-state index contributed by atoms with van der Waals surface area (Å²) in [6.45, 7) is 0.683. The van der Waals surface area contributed by atoms with E-state index in [1.54, 1.807) is 0 Å². The highest BCUT2D eigenvalue weighted by atomic mass is 79.9. The van der Waals surface area contributed by atoms with Gasteiger partial charge in [0.2, 0.25) is 0 Å². The monoisotopic (exact) mass is 329 g/mol. The summed E-state index contributed by atoms with van der Waals surface area (Å²) in [4.78, 5) is 24.7. The van der Waals surface area contributed by atoms with Crippen LogP contribution in [0.3, 0.4) is 0 Å². The molecular formula is C13H13BrFNO3. The number of carbonyl (C=O) groups excluding carboxylic acids is 1. The van der Waals surface area contributed by atoms with E-state index in [0.717, 1.165) is 6.07 Å². The summed E-state index contributed by atoms with van der Waals surface area (Å²) in [6.07, 6.45) is 1.22. The predicted octanol–water partition coefficient (Wildman–Crippen LogP) is 2.53. The van der Waals surface area contributed by atoms with Crippen molar-refractivity contribution >= 4 is 27.8 Å².